The van der Waals surface area contributed by atoms with Gasteiger partial charge in [0.15, 0.2) is 0 Å². The molecule has 8 nitrogen and oxygen atoms in total. The zero-order valence-corrected chi connectivity index (χ0v) is 10.7. The van der Waals surface area contributed by atoms with Gasteiger partial charge in [0, 0.05) is 7.05 Å². The maximum absolute atomic E-state index is 11.1. The van der Waals surface area contributed by atoms with Crippen LogP contribution in [0.25, 0.3) is 0 Å². The van der Waals surface area contributed by atoms with E-state index < -0.39 is 11.0 Å². The average Bonchev–Trinajstić information content (AvgIpc) is 2.37. The fourth-order valence-corrected chi connectivity index (χ4v) is 2.52. The molecule has 0 saturated heterocycles. The van der Waals surface area contributed by atoms with Gasteiger partial charge in [-0.1, -0.05) is 12.8 Å². The Labute approximate surface area is 110 Å². The van der Waals surface area contributed by atoms with Crippen LogP contribution >= 0.6 is 0 Å². The van der Waals surface area contributed by atoms with Crippen molar-refractivity contribution in [1.29, 1.82) is 0 Å². The highest BCUT2D eigenvalue weighted by Gasteiger charge is 2.32. The number of nitro groups is 1. The van der Waals surface area contributed by atoms with Gasteiger partial charge in [-0.3, -0.25) is 10.1 Å². The molecular formula is C11H17N5O3. The maximum Gasteiger partial charge on any atom is 0.353 e. The molecule has 1 saturated carbocycles. The highest BCUT2D eigenvalue weighted by molar-refractivity contribution is 5.68. The second-order valence-electron chi connectivity index (χ2n) is 4.72. The van der Waals surface area contributed by atoms with Gasteiger partial charge in [-0.15, -0.1) is 0 Å². The summed E-state index contributed by atoms with van der Waals surface area (Å²) >= 11 is 0. The summed E-state index contributed by atoms with van der Waals surface area (Å²) in [6, 6.07) is -0.179. The zero-order chi connectivity index (χ0) is 14.0. The topological polar surface area (TPSA) is 118 Å². The van der Waals surface area contributed by atoms with E-state index in [1.165, 1.54) is 6.33 Å². The Kier molecular flexibility index (Phi) is 3.79. The van der Waals surface area contributed by atoms with Gasteiger partial charge in [0.1, 0.15) is 6.33 Å². The number of rotatable bonds is 3. The van der Waals surface area contributed by atoms with E-state index in [1.807, 2.05) is 0 Å². The molecular weight excluding hydrogens is 250 g/mol. The third-order valence-corrected chi connectivity index (χ3v) is 3.54. The number of nitrogens with two attached hydrogens (primary N) is 1. The molecule has 0 spiro atoms. The first-order valence-electron chi connectivity index (χ1n) is 6.18. The summed E-state index contributed by atoms with van der Waals surface area (Å²) in [5.41, 5.74) is 5.24. The number of aliphatic hydroxyl groups excluding tert-OH is 1. The molecule has 8 heteroatoms. The summed E-state index contributed by atoms with van der Waals surface area (Å²) in [4.78, 5) is 19.7. The third kappa shape index (κ3) is 2.58. The van der Waals surface area contributed by atoms with Crippen LogP contribution in [0.1, 0.15) is 25.7 Å². The maximum atomic E-state index is 11.1. The molecule has 1 aromatic rings. The van der Waals surface area contributed by atoms with Crippen LogP contribution in [0.2, 0.25) is 0 Å². The average molecular weight is 267 g/mol. The number of nitrogen functional groups attached to an aromatic ring is 1. The van der Waals surface area contributed by atoms with E-state index >= 15 is 0 Å². The molecule has 1 heterocycles. The molecule has 1 fully saturated rings. The first kappa shape index (κ1) is 13.5. The predicted molar refractivity (Wildman–Crippen MR) is 69.8 cm³/mol. The Bertz CT molecular complexity index is 481. The first-order chi connectivity index (χ1) is 9.02. The highest BCUT2D eigenvalue weighted by Crippen LogP contribution is 2.33. The lowest BCUT2D eigenvalue weighted by molar-refractivity contribution is -0.383. The van der Waals surface area contributed by atoms with Crippen molar-refractivity contribution in [3.63, 3.8) is 0 Å². The van der Waals surface area contributed by atoms with Crippen LogP contribution in [0.3, 0.4) is 0 Å². The van der Waals surface area contributed by atoms with Gasteiger partial charge < -0.3 is 15.7 Å². The van der Waals surface area contributed by atoms with E-state index in [0.29, 0.717) is 6.42 Å². The van der Waals surface area contributed by atoms with Crippen LogP contribution < -0.4 is 10.6 Å². The smallest absolute Gasteiger partial charge is 0.353 e. The van der Waals surface area contributed by atoms with Crippen molar-refractivity contribution in [2.45, 2.75) is 37.8 Å². The minimum absolute atomic E-state index is 0.156. The number of hydrogen-bond donors (Lipinski definition) is 2. The van der Waals surface area contributed by atoms with Gasteiger partial charge in [0.05, 0.1) is 17.1 Å². The highest BCUT2D eigenvalue weighted by atomic mass is 16.6. The number of hydrogen-bond acceptors (Lipinski definition) is 7. The molecule has 3 N–H and O–H groups in total. The van der Waals surface area contributed by atoms with Crippen LogP contribution in [0.15, 0.2) is 6.33 Å². The van der Waals surface area contributed by atoms with Crippen molar-refractivity contribution in [1.82, 2.24) is 9.97 Å². The lowest BCUT2D eigenvalue weighted by Crippen LogP contribution is -2.44. The van der Waals surface area contributed by atoms with E-state index in [0.717, 1.165) is 19.3 Å². The van der Waals surface area contributed by atoms with Crippen LogP contribution in [0.4, 0.5) is 17.3 Å². The lowest BCUT2D eigenvalue weighted by atomic mass is 9.91. The molecule has 0 radical (unpaired) electrons. The van der Waals surface area contributed by atoms with Gasteiger partial charge in [0.25, 0.3) is 0 Å². The number of aliphatic hydroxyl groups is 1. The van der Waals surface area contributed by atoms with Crippen molar-refractivity contribution in [3.8, 4) is 0 Å². The van der Waals surface area contributed by atoms with Gasteiger partial charge in [0.2, 0.25) is 11.6 Å². The largest absolute Gasteiger partial charge is 0.391 e. The van der Waals surface area contributed by atoms with Crippen molar-refractivity contribution >= 4 is 17.3 Å². The van der Waals surface area contributed by atoms with Gasteiger partial charge in [-0.2, -0.15) is 0 Å². The molecule has 19 heavy (non-hydrogen) atoms. The monoisotopic (exact) mass is 267 g/mol. The zero-order valence-electron chi connectivity index (χ0n) is 10.7. The van der Waals surface area contributed by atoms with Crippen LogP contribution in [0, 0.1) is 10.1 Å². The van der Waals surface area contributed by atoms with Crippen molar-refractivity contribution in [2.24, 2.45) is 0 Å². The summed E-state index contributed by atoms with van der Waals surface area (Å²) in [7, 11) is 1.69. The number of likely N-dealkylation sites (N-methyl/N-ethyl adjacent to an activating group) is 1. The molecule has 2 unspecified atom stereocenters. The normalized spacial score (nSPS) is 23.1. The van der Waals surface area contributed by atoms with Gasteiger partial charge in [-0.05, 0) is 12.8 Å². The summed E-state index contributed by atoms with van der Waals surface area (Å²) < 4.78 is 0. The summed E-state index contributed by atoms with van der Waals surface area (Å²) in [5, 5.41) is 21.1. The lowest BCUT2D eigenvalue weighted by Gasteiger charge is -2.35. The predicted octanol–water partition coefficient (Wildman–Crippen LogP) is 0.707. The fourth-order valence-electron chi connectivity index (χ4n) is 2.52. The van der Waals surface area contributed by atoms with Gasteiger partial charge >= 0.3 is 5.69 Å². The first-order valence-corrected chi connectivity index (χ1v) is 6.18. The molecule has 1 aliphatic rings. The summed E-state index contributed by atoms with van der Waals surface area (Å²) in [6.45, 7) is 0. The van der Waals surface area contributed by atoms with E-state index in [9.17, 15) is 15.2 Å². The van der Waals surface area contributed by atoms with Gasteiger partial charge in [-0.25, -0.2) is 9.97 Å². The molecule has 0 amide bonds. The Morgan fingerprint density at radius 3 is 2.79 bits per heavy atom. The van der Waals surface area contributed by atoms with E-state index in [4.69, 9.17) is 5.73 Å². The van der Waals surface area contributed by atoms with Crippen LogP contribution in [-0.4, -0.2) is 39.2 Å². The third-order valence-electron chi connectivity index (χ3n) is 3.54. The molecule has 1 aromatic heterocycles. The Morgan fingerprint density at radius 2 is 2.16 bits per heavy atom. The molecule has 0 aliphatic heterocycles. The van der Waals surface area contributed by atoms with Crippen LogP contribution in [-0.2, 0) is 0 Å². The SMILES string of the molecule is CN(c1ncnc(N)c1[N+](=O)[O-])C1CCCCC1O. The number of nitrogens with zero attached hydrogens (tertiary/aromatic N) is 4. The van der Waals surface area contributed by atoms with Crippen molar-refractivity contribution in [2.75, 3.05) is 17.7 Å². The summed E-state index contributed by atoms with van der Waals surface area (Å²) in [5.74, 6) is -0.00407. The van der Waals surface area contributed by atoms with Crippen LogP contribution in [0.5, 0.6) is 0 Å². The Morgan fingerprint density at radius 1 is 1.47 bits per heavy atom. The minimum Gasteiger partial charge on any atom is -0.391 e. The van der Waals surface area contributed by atoms with E-state index in [2.05, 4.69) is 9.97 Å². The quantitative estimate of drug-likeness (QED) is 0.611. The Hall–Kier alpha value is -1.96. The second kappa shape index (κ2) is 5.35. The molecule has 1 aliphatic carbocycles. The number of aromatic nitrogens is 2. The molecule has 0 bridgehead atoms. The fraction of sp³-hybridized carbons (Fsp3) is 0.636. The standard InChI is InChI=1S/C11H17N5O3/c1-15(7-4-2-3-5-8(7)17)11-9(16(18)19)10(12)13-6-14-11/h6-8,17H,2-5H2,1H3,(H2,12,13,14). The van der Waals surface area contributed by atoms with E-state index in [-0.39, 0.29) is 23.4 Å². The van der Waals surface area contributed by atoms with Crippen molar-refractivity contribution < 1.29 is 10.0 Å². The minimum atomic E-state index is -0.587. The van der Waals surface area contributed by atoms with E-state index in [1.54, 1.807) is 11.9 Å². The molecule has 2 atom stereocenters. The van der Waals surface area contributed by atoms with Crippen molar-refractivity contribution in [3.05, 3.63) is 16.4 Å². The molecule has 0 aromatic carbocycles. The summed E-state index contributed by atoms with van der Waals surface area (Å²) in [6.07, 6.45) is 4.13. The number of anilines is 2. The Balaban J connectivity index is 2.35. The molecule has 104 valence electrons. The second-order valence-corrected chi connectivity index (χ2v) is 4.72. The molecule has 2 rings (SSSR count).